The van der Waals surface area contributed by atoms with Gasteiger partial charge in [0.25, 0.3) is 0 Å². The number of hydrogen-bond donors (Lipinski definition) is 0. The first kappa shape index (κ1) is 11.4. The van der Waals surface area contributed by atoms with Crippen LogP contribution >= 0.6 is 0 Å². The monoisotopic (exact) mass is 225 g/mol. The standard InChI is InChI=1S/C12H19NO3/c1-13(7-11(14)16-2)12(15)10-6-8-3-4-9(10)5-8/h8-10H,3-7H2,1-2H3. The first-order chi connectivity index (χ1) is 7.61. The number of ether oxygens (including phenoxy) is 1. The maximum Gasteiger partial charge on any atom is 0.325 e. The van der Waals surface area contributed by atoms with E-state index in [1.165, 1.54) is 31.3 Å². The zero-order valence-electron chi connectivity index (χ0n) is 9.94. The molecular formula is C12H19NO3. The summed E-state index contributed by atoms with van der Waals surface area (Å²) in [6.45, 7) is 0.0726. The van der Waals surface area contributed by atoms with Crippen molar-refractivity contribution in [3.05, 3.63) is 0 Å². The van der Waals surface area contributed by atoms with Gasteiger partial charge in [-0.1, -0.05) is 6.42 Å². The molecule has 2 aliphatic rings. The van der Waals surface area contributed by atoms with Crippen molar-refractivity contribution >= 4 is 11.9 Å². The van der Waals surface area contributed by atoms with Gasteiger partial charge in [0.1, 0.15) is 6.54 Å². The largest absolute Gasteiger partial charge is 0.468 e. The summed E-state index contributed by atoms with van der Waals surface area (Å²) < 4.78 is 4.56. The Morgan fingerprint density at radius 3 is 2.56 bits per heavy atom. The van der Waals surface area contributed by atoms with Crippen molar-refractivity contribution < 1.29 is 14.3 Å². The van der Waals surface area contributed by atoms with Gasteiger partial charge in [0.2, 0.25) is 5.91 Å². The van der Waals surface area contributed by atoms with Crippen molar-refractivity contribution in [2.45, 2.75) is 25.7 Å². The van der Waals surface area contributed by atoms with E-state index in [4.69, 9.17) is 0 Å². The molecule has 0 spiro atoms. The third-order valence-corrected chi connectivity index (χ3v) is 4.03. The number of likely N-dealkylation sites (N-methyl/N-ethyl adjacent to an activating group) is 1. The number of hydrogen-bond acceptors (Lipinski definition) is 3. The summed E-state index contributed by atoms with van der Waals surface area (Å²) in [6.07, 6.45) is 4.71. The lowest BCUT2D eigenvalue weighted by atomic mass is 9.88. The van der Waals surface area contributed by atoms with Crippen LogP contribution in [0.5, 0.6) is 0 Å². The minimum Gasteiger partial charge on any atom is -0.468 e. The van der Waals surface area contributed by atoms with E-state index < -0.39 is 0 Å². The fraction of sp³-hybridized carbons (Fsp3) is 0.833. The van der Waals surface area contributed by atoms with Crippen LogP contribution in [0.25, 0.3) is 0 Å². The Balaban J connectivity index is 1.90. The Hall–Kier alpha value is -1.06. The Bertz CT molecular complexity index is 303. The van der Waals surface area contributed by atoms with Crippen molar-refractivity contribution in [3.8, 4) is 0 Å². The molecule has 1 amide bonds. The van der Waals surface area contributed by atoms with Gasteiger partial charge in [-0.05, 0) is 31.1 Å². The molecule has 3 unspecified atom stereocenters. The number of fused-ring (bicyclic) bond motifs is 2. The molecule has 2 fully saturated rings. The third kappa shape index (κ3) is 2.06. The maximum atomic E-state index is 12.1. The second kappa shape index (κ2) is 4.44. The predicted octanol–water partition coefficient (Wildman–Crippen LogP) is 1.05. The lowest BCUT2D eigenvalue weighted by molar-refractivity contribution is -0.148. The molecule has 90 valence electrons. The molecule has 0 aromatic rings. The number of carbonyl (C=O) groups excluding carboxylic acids is 2. The number of nitrogens with zero attached hydrogens (tertiary/aromatic N) is 1. The number of carbonyl (C=O) groups is 2. The molecule has 3 atom stereocenters. The molecule has 0 saturated heterocycles. The quantitative estimate of drug-likeness (QED) is 0.675. The smallest absolute Gasteiger partial charge is 0.325 e. The summed E-state index contributed by atoms with van der Waals surface area (Å²) in [5.41, 5.74) is 0. The van der Waals surface area contributed by atoms with E-state index in [2.05, 4.69) is 4.74 Å². The van der Waals surface area contributed by atoms with Crippen molar-refractivity contribution in [2.75, 3.05) is 20.7 Å². The van der Waals surface area contributed by atoms with Gasteiger partial charge in [-0.2, -0.15) is 0 Å². The van der Waals surface area contributed by atoms with Crippen molar-refractivity contribution in [1.82, 2.24) is 4.90 Å². The fourth-order valence-electron chi connectivity index (χ4n) is 3.17. The molecule has 2 rings (SSSR count). The van der Waals surface area contributed by atoms with Gasteiger partial charge < -0.3 is 9.64 Å². The second-order valence-electron chi connectivity index (χ2n) is 5.05. The zero-order valence-corrected chi connectivity index (χ0v) is 9.94. The Morgan fingerprint density at radius 1 is 1.31 bits per heavy atom. The van der Waals surface area contributed by atoms with Crippen LogP contribution in [-0.4, -0.2) is 37.5 Å². The van der Waals surface area contributed by atoms with Gasteiger partial charge in [-0.15, -0.1) is 0 Å². The SMILES string of the molecule is COC(=O)CN(C)C(=O)C1CC2CCC1C2. The molecular weight excluding hydrogens is 206 g/mol. The molecule has 0 N–H and O–H groups in total. The zero-order chi connectivity index (χ0) is 11.7. The van der Waals surface area contributed by atoms with Crippen LogP contribution in [0.15, 0.2) is 0 Å². The molecule has 0 aliphatic heterocycles. The van der Waals surface area contributed by atoms with Gasteiger partial charge in [-0.3, -0.25) is 9.59 Å². The highest BCUT2D eigenvalue weighted by molar-refractivity contribution is 5.83. The van der Waals surface area contributed by atoms with Crippen LogP contribution < -0.4 is 0 Å². The molecule has 0 radical (unpaired) electrons. The van der Waals surface area contributed by atoms with Crippen LogP contribution in [0.2, 0.25) is 0 Å². The van der Waals surface area contributed by atoms with Crippen molar-refractivity contribution in [2.24, 2.45) is 17.8 Å². The Kier molecular flexibility index (Phi) is 3.17. The average Bonchev–Trinajstić information content (AvgIpc) is 2.89. The minimum absolute atomic E-state index is 0.0726. The summed E-state index contributed by atoms with van der Waals surface area (Å²) in [5, 5.41) is 0. The lowest BCUT2D eigenvalue weighted by Crippen LogP contribution is -2.38. The number of rotatable bonds is 3. The summed E-state index contributed by atoms with van der Waals surface area (Å²) in [5.74, 6) is 1.26. The molecule has 16 heavy (non-hydrogen) atoms. The number of amides is 1. The highest BCUT2D eigenvalue weighted by Crippen LogP contribution is 2.48. The van der Waals surface area contributed by atoms with E-state index in [1.54, 1.807) is 7.05 Å². The minimum atomic E-state index is -0.348. The molecule has 0 aromatic heterocycles. The van der Waals surface area contributed by atoms with Gasteiger partial charge in [-0.25, -0.2) is 0 Å². The number of methoxy groups -OCH3 is 1. The van der Waals surface area contributed by atoms with Crippen molar-refractivity contribution in [3.63, 3.8) is 0 Å². The summed E-state index contributed by atoms with van der Waals surface area (Å²) in [4.78, 5) is 24.7. The molecule has 0 heterocycles. The Labute approximate surface area is 95.9 Å². The van der Waals surface area contributed by atoms with Crippen LogP contribution in [0.4, 0.5) is 0 Å². The Morgan fingerprint density at radius 2 is 2.06 bits per heavy atom. The normalized spacial score (nSPS) is 31.5. The molecule has 0 aromatic carbocycles. The number of esters is 1. The lowest BCUT2D eigenvalue weighted by Gasteiger charge is -2.25. The highest BCUT2D eigenvalue weighted by atomic mass is 16.5. The van der Waals surface area contributed by atoms with Crippen LogP contribution in [0.3, 0.4) is 0 Å². The van der Waals surface area contributed by atoms with Gasteiger partial charge in [0, 0.05) is 13.0 Å². The fourth-order valence-corrected chi connectivity index (χ4v) is 3.17. The van der Waals surface area contributed by atoms with E-state index in [-0.39, 0.29) is 24.3 Å². The summed E-state index contributed by atoms with van der Waals surface area (Å²) in [7, 11) is 3.03. The molecule has 4 nitrogen and oxygen atoms in total. The van der Waals surface area contributed by atoms with Crippen LogP contribution in [0, 0.1) is 17.8 Å². The maximum absolute atomic E-state index is 12.1. The van der Waals surface area contributed by atoms with Crippen LogP contribution in [-0.2, 0) is 14.3 Å². The van der Waals surface area contributed by atoms with Gasteiger partial charge in [0.15, 0.2) is 0 Å². The summed E-state index contributed by atoms with van der Waals surface area (Å²) in [6, 6.07) is 0. The van der Waals surface area contributed by atoms with E-state index in [0.717, 1.165) is 12.3 Å². The van der Waals surface area contributed by atoms with Crippen LogP contribution in [0.1, 0.15) is 25.7 Å². The second-order valence-corrected chi connectivity index (χ2v) is 5.05. The third-order valence-electron chi connectivity index (χ3n) is 4.03. The average molecular weight is 225 g/mol. The summed E-state index contributed by atoms with van der Waals surface area (Å²) >= 11 is 0. The van der Waals surface area contributed by atoms with E-state index >= 15 is 0 Å². The van der Waals surface area contributed by atoms with Gasteiger partial charge >= 0.3 is 5.97 Å². The van der Waals surface area contributed by atoms with Crippen molar-refractivity contribution in [1.29, 1.82) is 0 Å². The highest BCUT2D eigenvalue weighted by Gasteiger charge is 2.44. The molecule has 2 aliphatic carbocycles. The van der Waals surface area contributed by atoms with E-state index in [1.807, 2.05) is 0 Å². The van der Waals surface area contributed by atoms with E-state index in [9.17, 15) is 9.59 Å². The van der Waals surface area contributed by atoms with E-state index in [0.29, 0.717) is 5.92 Å². The molecule has 2 bridgehead atoms. The first-order valence-corrected chi connectivity index (χ1v) is 5.93. The topological polar surface area (TPSA) is 46.6 Å². The predicted molar refractivity (Wildman–Crippen MR) is 58.6 cm³/mol. The molecule has 4 heteroatoms. The van der Waals surface area contributed by atoms with Gasteiger partial charge in [0.05, 0.1) is 7.11 Å². The first-order valence-electron chi connectivity index (χ1n) is 5.93. The molecule has 2 saturated carbocycles.